The molecule has 136 valence electrons. The van der Waals surface area contributed by atoms with Crippen LogP contribution in [0.3, 0.4) is 0 Å². The summed E-state index contributed by atoms with van der Waals surface area (Å²) in [4.78, 5) is 38.5. The van der Waals surface area contributed by atoms with E-state index in [2.05, 4.69) is 0 Å². The Morgan fingerprint density at radius 1 is 1.20 bits per heavy atom. The van der Waals surface area contributed by atoms with Gasteiger partial charge in [0.25, 0.3) is 5.91 Å². The van der Waals surface area contributed by atoms with Crippen LogP contribution in [0.1, 0.15) is 36.5 Å². The van der Waals surface area contributed by atoms with Crippen LogP contribution < -0.4 is 0 Å². The average molecular weight is 387 g/mol. The topological polar surface area (TPSA) is 77.9 Å². The molecule has 0 radical (unpaired) electrons. The van der Waals surface area contributed by atoms with Crippen molar-refractivity contribution >= 4 is 41.0 Å². The van der Waals surface area contributed by atoms with E-state index in [4.69, 9.17) is 28.3 Å². The van der Waals surface area contributed by atoms with E-state index < -0.39 is 5.97 Å². The number of hydrogen-bond acceptors (Lipinski definition) is 3. The van der Waals surface area contributed by atoms with E-state index in [0.717, 1.165) is 0 Å². The van der Waals surface area contributed by atoms with Gasteiger partial charge in [-0.25, -0.2) is 0 Å². The van der Waals surface area contributed by atoms with Gasteiger partial charge in [-0.2, -0.15) is 0 Å². The normalized spacial score (nSPS) is 17.7. The fraction of sp³-hybridized carbons (Fsp3) is 0.471. The standard InChI is InChI=1S/C17H20Cl2N2O4/c1-11(22)21(10-16(23)24)13-3-2-7-20(8-6-13)17(25)12-4-5-14(18)15(19)9-12/h4-5,9,13H,2-3,6-8,10H2,1H3,(H,23,24). The van der Waals surface area contributed by atoms with E-state index in [1.165, 1.54) is 11.8 Å². The van der Waals surface area contributed by atoms with Crippen LogP contribution in [0.15, 0.2) is 18.2 Å². The number of carboxylic acid groups (broad SMARTS) is 1. The van der Waals surface area contributed by atoms with Gasteiger partial charge in [0.05, 0.1) is 10.0 Å². The van der Waals surface area contributed by atoms with Crippen molar-refractivity contribution < 1.29 is 19.5 Å². The second-order valence-corrected chi connectivity index (χ2v) is 6.86. The Morgan fingerprint density at radius 3 is 2.52 bits per heavy atom. The molecule has 25 heavy (non-hydrogen) atoms. The van der Waals surface area contributed by atoms with E-state index in [-0.39, 0.29) is 24.4 Å². The number of carbonyl (C=O) groups is 3. The Labute approximate surface area is 156 Å². The van der Waals surface area contributed by atoms with Crippen molar-refractivity contribution in [2.45, 2.75) is 32.2 Å². The van der Waals surface area contributed by atoms with Crippen LogP contribution in [0, 0.1) is 0 Å². The first-order chi connectivity index (χ1) is 11.8. The minimum atomic E-state index is -1.04. The highest BCUT2D eigenvalue weighted by Gasteiger charge is 2.28. The van der Waals surface area contributed by atoms with Crippen LogP contribution in [-0.2, 0) is 9.59 Å². The lowest BCUT2D eigenvalue weighted by molar-refractivity contribution is -0.145. The lowest BCUT2D eigenvalue weighted by atomic mass is 10.1. The number of rotatable bonds is 4. The highest BCUT2D eigenvalue weighted by molar-refractivity contribution is 6.42. The van der Waals surface area contributed by atoms with Gasteiger partial charge in [-0.1, -0.05) is 23.2 Å². The number of hydrogen-bond donors (Lipinski definition) is 1. The van der Waals surface area contributed by atoms with Crippen molar-refractivity contribution in [1.29, 1.82) is 0 Å². The molecule has 6 nitrogen and oxygen atoms in total. The van der Waals surface area contributed by atoms with Gasteiger partial charge in [0.15, 0.2) is 0 Å². The Balaban J connectivity index is 2.07. The van der Waals surface area contributed by atoms with E-state index in [0.29, 0.717) is 48.0 Å². The fourth-order valence-electron chi connectivity index (χ4n) is 3.05. The van der Waals surface area contributed by atoms with Crippen LogP contribution >= 0.6 is 23.2 Å². The molecular weight excluding hydrogens is 367 g/mol. The zero-order chi connectivity index (χ0) is 18.6. The highest BCUT2D eigenvalue weighted by atomic mass is 35.5. The van der Waals surface area contributed by atoms with Gasteiger partial charge in [0.1, 0.15) is 6.54 Å². The SMILES string of the molecule is CC(=O)N(CC(=O)O)C1CCCN(C(=O)c2ccc(Cl)c(Cl)c2)CC1. The number of amides is 2. The molecule has 8 heteroatoms. The van der Waals surface area contributed by atoms with Gasteiger partial charge in [0, 0.05) is 31.6 Å². The van der Waals surface area contributed by atoms with Gasteiger partial charge in [-0.3, -0.25) is 14.4 Å². The molecular formula is C17H20Cl2N2O4. The van der Waals surface area contributed by atoms with Gasteiger partial charge in [-0.05, 0) is 37.5 Å². The maximum atomic E-state index is 12.7. The Hall–Kier alpha value is -1.79. The monoisotopic (exact) mass is 386 g/mol. The minimum absolute atomic E-state index is 0.146. The molecule has 1 unspecified atom stereocenters. The predicted molar refractivity (Wildman–Crippen MR) is 95.0 cm³/mol. The summed E-state index contributed by atoms with van der Waals surface area (Å²) in [6.45, 7) is 2.05. The molecule has 0 spiro atoms. The molecule has 2 rings (SSSR count). The number of aliphatic carboxylic acids is 1. The summed E-state index contributed by atoms with van der Waals surface area (Å²) in [6.07, 6.45) is 1.90. The zero-order valence-corrected chi connectivity index (χ0v) is 15.4. The van der Waals surface area contributed by atoms with Crippen LogP contribution in [0.25, 0.3) is 0 Å². The van der Waals surface area contributed by atoms with E-state index >= 15 is 0 Å². The molecule has 1 aliphatic rings. The van der Waals surface area contributed by atoms with Gasteiger partial charge in [-0.15, -0.1) is 0 Å². The molecule has 1 N–H and O–H groups in total. The lowest BCUT2D eigenvalue weighted by Gasteiger charge is -2.28. The number of carboxylic acids is 1. The molecule has 1 heterocycles. The molecule has 0 bridgehead atoms. The van der Waals surface area contributed by atoms with E-state index in [1.807, 2.05) is 0 Å². The summed E-state index contributed by atoms with van der Waals surface area (Å²) in [5, 5.41) is 9.70. The maximum absolute atomic E-state index is 12.7. The molecule has 0 aliphatic carbocycles. The number of halogens is 2. The van der Waals surface area contributed by atoms with Crippen molar-refractivity contribution in [3.05, 3.63) is 33.8 Å². The van der Waals surface area contributed by atoms with Crippen molar-refractivity contribution in [3.8, 4) is 0 Å². The third-order valence-electron chi connectivity index (χ3n) is 4.30. The molecule has 1 aliphatic heterocycles. The quantitative estimate of drug-likeness (QED) is 0.862. The van der Waals surface area contributed by atoms with Crippen LogP contribution in [0.4, 0.5) is 0 Å². The molecule has 1 saturated heterocycles. The van der Waals surface area contributed by atoms with Crippen molar-refractivity contribution in [2.75, 3.05) is 19.6 Å². The average Bonchev–Trinajstić information content (AvgIpc) is 2.80. The summed E-state index contributed by atoms with van der Waals surface area (Å²) < 4.78 is 0. The third kappa shape index (κ3) is 5.09. The Morgan fingerprint density at radius 2 is 1.92 bits per heavy atom. The first-order valence-corrected chi connectivity index (χ1v) is 8.78. The first-order valence-electron chi connectivity index (χ1n) is 8.03. The number of benzene rings is 1. The Bertz CT molecular complexity index is 681. The van der Waals surface area contributed by atoms with Crippen LogP contribution in [-0.4, -0.2) is 58.4 Å². The fourth-order valence-corrected chi connectivity index (χ4v) is 3.35. The number of carbonyl (C=O) groups excluding carboxylic acids is 2. The van der Waals surface area contributed by atoms with Crippen molar-refractivity contribution in [3.63, 3.8) is 0 Å². The largest absolute Gasteiger partial charge is 0.480 e. The molecule has 1 fully saturated rings. The minimum Gasteiger partial charge on any atom is -0.480 e. The predicted octanol–water partition coefficient (Wildman–Crippen LogP) is 2.92. The molecule has 0 saturated carbocycles. The zero-order valence-electron chi connectivity index (χ0n) is 13.9. The van der Waals surface area contributed by atoms with E-state index in [1.54, 1.807) is 23.1 Å². The molecule has 0 aromatic heterocycles. The second kappa shape index (κ2) is 8.54. The summed E-state index contributed by atoms with van der Waals surface area (Å²) in [5.74, 6) is -1.45. The van der Waals surface area contributed by atoms with Gasteiger partial charge >= 0.3 is 5.97 Å². The summed E-state index contributed by atoms with van der Waals surface area (Å²) in [6, 6.07) is 4.58. The summed E-state index contributed by atoms with van der Waals surface area (Å²) in [7, 11) is 0. The first kappa shape index (κ1) is 19.5. The third-order valence-corrected chi connectivity index (χ3v) is 5.04. The Kier molecular flexibility index (Phi) is 6.67. The second-order valence-electron chi connectivity index (χ2n) is 6.05. The molecule has 1 atom stereocenters. The summed E-state index contributed by atoms with van der Waals surface area (Å²) >= 11 is 11.9. The van der Waals surface area contributed by atoms with Crippen LogP contribution in [0.5, 0.6) is 0 Å². The summed E-state index contributed by atoms with van der Waals surface area (Å²) in [5.41, 5.74) is 0.460. The highest BCUT2D eigenvalue weighted by Crippen LogP contribution is 2.24. The van der Waals surface area contributed by atoms with Crippen molar-refractivity contribution in [1.82, 2.24) is 9.80 Å². The number of nitrogens with zero attached hydrogens (tertiary/aromatic N) is 2. The smallest absolute Gasteiger partial charge is 0.323 e. The van der Waals surface area contributed by atoms with Gasteiger partial charge < -0.3 is 14.9 Å². The van der Waals surface area contributed by atoms with Gasteiger partial charge in [0.2, 0.25) is 5.91 Å². The lowest BCUT2D eigenvalue weighted by Crippen LogP contribution is -2.43. The molecule has 2 amide bonds. The number of likely N-dealkylation sites (tertiary alicyclic amines) is 1. The molecule has 1 aromatic rings. The van der Waals surface area contributed by atoms with Crippen LogP contribution in [0.2, 0.25) is 10.0 Å². The van der Waals surface area contributed by atoms with Crippen molar-refractivity contribution in [2.24, 2.45) is 0 Å². The maximum Gasteiger partial charge on any atom is 0.323 e. The van der Waals surface area contributed by atoms with E-state index in [9.17, 15) is 14.4 Å². The molecule has 1 aromatic carbocycles.